The van der Waals surface area contributed by atoms with Gasteiger partial charge in [0.25, 0.3) is 5.91 Å². The number of benzene rings is 1. The Kier molecular flexibility index (Phi) is 4.64. The van der Waals surface area contributed by atoms with Crippen molar-refractivity contribution in [2.45, 2.75) is 30.3 Å². The van der Waals surface area contributed by atoms with E-state index in [9.17, 15) is 22.5 Å². The third kappa shape index (κ3) is 3.92. The average molecular weight is 279 g/mol. The first-order chi connectivity index (χ1) is 8.21. The van der Waals surface area contributed by atoms with E-state index >= 15 is 0 Å². The fourth-order valence-corrected chi connectivity index (χ4v) is 1.94. The van der Waals surface area contributed by atoms with Crippen LogP contribution in [0.15, 0.2) is 29.2 Å². The Hall–Kier alpha value is -1.21. The largest absolute Gasteiger partial charge is 0.604 e. The second-order valence-corrected chi connectivity index (χ2v) is 5.34. The summed E-state index contributed by atoms with van der Waals surface area (Å²) in [5.41, 5.74) is -4.77. The lowest BCUT2D eigenvalue weighted by atomic mass is 10.2. The Bertz CT molecular complexity index is 435. The molecule has 1 unspecified atom stereocenters. The third-order valence-electron chi connectivity index (χ3n) is 1.94. The number of carbonyl (C=O) groups is 1. The van der Waals surface area contributed by atoms with E-state index < -0.39 is 27.5 Å². The molecule has 3 nitrogen and oxygen atoms in total. The third-order valence-corrected chi connectivity index (χ3v) is 3.04. The highest BCUT2D eigenvalue weighted by atomic mass is 32.2. The molecule has 1 aromatic rings. The van der Waals surface area contributed by atoms with Gasteiger partial charge in [0.1, 0.15) is 0 Å². The van der Waals surface area contributed by atoms with Crippen LogP contribution in [0.3, 0.4) is 0 Å². The average Bonchev–Trinajstić information content (AvgIpc) is 2.26. The Morgan fingerprint density at radius 2 is 2.00 bits per heavy atom. The zero-order chi connectivity index (χ0) is 13.9. The summed E-state index contributed by atoms with van der Waals surface area (Å²) in [6, 6.07) is 4.58. The van der Waals surface area contributed by atoms with E-state index in [0.29, 0.717) is 0 Å². The molecule has 0 radical (unpaired) electrons. The number of nitrogens with one attached hydrogen (secondary N) is 1. The molecule has 0 spiro atoms. The molecule has 0 saturated carbocycles. The minimum absolute atomic E-state index is 0.0544. The van der Waals surface area contributed by atoms with Crippen molar-refractivity contribution in [3.05, 3.63) is 29.8 Å². The molecule has 0 aliphatic heterocycles. The Balaban J connectivity index is 2.96. The lowest BCUT2D eigenvalue weighted by Gasteiger charge is -2.13. The van der Waals surface area contributed by atoms with Gasteiger partial charge >= 0.3 is 5.51 Å². The van der Waals surface area contributed by atoms with Gasteiger partial charge in [-0.2, -0.15) is 0 Å². The number of halogens is 3. The van der Waals surface area contributed by atoms with Gasteiger partial charge < -0.3 is 9.87 Å². The van der Waals surface area contributed by atoms with Crippen LogP contribution in [-0.2, 0) is 11.2 Å². The fraction of sp³-hybridized carbons (Fsp3) is 0.364. The van der Waals surface area contributed by atoms with Gasteiger partial charge in [-0.3, -0.25) is 4.79 Å². The summed E-state index contributed by atoms with van der Waals surface area (Å²) in [4.78, 5) is 11.2. The van der Waals surface area contributed by atoms with Crippen molar-refractivity contribution in [1.29, 1.82) is 0 Å². The van der Waals surface area contributed by atoms with Crippen molar-refractivity contribution in [1.82, 2.24) is 5.32 Å². The maximum Gasteiger partial charge on any atom is 0.578 e. The van der Waals surface area contributed by atoms with Crippen LogP contribution in [0.25, 0.3) is 0 Å². The van der Waals surface area contributed by atoms with Crippen molar-refractivity contribution in [3.8, 4) is 0 Å². The zero-order valence-corrected chi connectivity index (χ0v) is 10.6. The van der Waals surface area contributed by atoms with Crippen LogP contribution < -0.4 is 5.32 Å². The van der Waals surface area contributed by atoms with E-state index in [2.05, 4.69) is 5.32 Å². The van der Waals surface area contributed by atoms with Gasteiger partial charge in [-0.25, -0.2) is 0 Å². The smallest absolute Gasteiger partial charge is 0.578 e. The number of carbonyl (C=O) groups excluding carboxylic acids is 1. The molecule has 100 valence electrons. The van der Waals surface area contributed by atoms with Gasteiger partial charge in [-0.1, -0.05) is 6.07 Å². The maximum absolute atomic E-state index is 12.3. The monoisotopic (exact) mass is 279 g/mol. The van der Waals surface area contributed by atoms with Crippen molar-refractivity contribution in [2.24, 2.45) is 0 Å². The van der Waals surface area contributed by atoms with E-state index in [1.807, 2.05) is 0 Å². The van der Waals surface area contributed by atoms with Crippen LogP contribution in [0.5, 0.6) is 0 Å². The predicted octanol–water partition coefficient (Wildman–Crippen LogP) is 2.45. The molecule has 1 atom stereocenters. The summed E-state index contributed by atoms with van der Waals surface area (Å²) in [6.45, 7) is 3.46. The molecule has 0 aliphatic rings. The van der Waals surface area contributed by atoms with Gasteiger partial charge in [0.15, 0.2) is 4.90 Å². The molecule has 0 bridgehead atoms. The predicted molar refractivity (Wildman–Crippen MR) is 61.5 cm³/mol. The SMILES string of the molecule is CC(C)NC(=O)c1cccc([S+]([O-])C(F)(F)F)c1. The summed E-state index contributed by atoms with van der Waals surface area (Å²) in [5.74, 6) is -0.494. The van der Waals surface area contributed by atoms with E-state index in [0.717, 1.165) is 12.1 Å². The second kappa shape index (κ2) is 5.62. The molecule has 0 heterocycles. The molecule has 0 aromatic heterocycles. The summed E-state index contributed by atoms with van der Waals surface area (Å²) < 4.78 is 47.9. The molecule has 1 rings (SSSR count). The van der Waals surface area contributed by atoms with Crippen molar-refractivity contribution >= 4 is 17.1 Å². The standard InChI is InChI=1S/C11H12F3NO2S/c1-7(2)15-10(16)8-4-3-5-9(6-8)18(17)11(12,13)14/h3-7H,1-2H3,(H,15,16). The van der Waals surface area contributed by atoms with Crippen molar-refractivity contribution in [2.75, 3.05) is 0 Å². The van der Waals surface area contributed by atoms with Gasteiger partial charge in [-0.05, 0) is 26.0 Å². The minimum atomic E-state index is -4.83. The van der Waals surface area contributed by atoms with E-state index in [1.54, 1.807) is 13.8 Å². The summed E-state index contributed by atoms with van der Waals surface area (Å²) in [5, 5.41) is 2.54. The highest BCUT2D eigenvalue weighted by molar-refractivity contribution is 7.92. The second-order valence-electron chi connectivity index (χ2n) is 3.87. The summed E-state index contributed by atoms with van der Waals surface area (Å²) in [6.07, 6.45) is 0. The van der Waals surface area contributed by atoms with Crippen molar-refractivity contribution < 1.29 is 22.5 Å². The molecule has 1 amide bonds. The highest BCUT2D eigenvalue weighted by Gasteiger charge is 2.46. The zero-order valence-electron chi connectivity index (χ0n) is 9.75. The van der Waals surface area contributed by atoms with E-state index in [1.165, 1.54) is 12.1 Å². The molecule has 7 heteroatoms. The van der Waals surface area contributed by atoms with Gasteiger partial charge in [0.05, 0.1) is 11.2 Å². The van der Waals surface area contributed by atoms with Crippen molar-refractivity contribution in [3.63, 3.8) is 0 Å². The Morgan fingerprint density at radius 3 is 2.50 bits per heavy atom. The number of rotatable bonds is 3. The van der Waals surface area contributed by atoms with Crippen LogP contribution in [0.4, 0.5) is 13.2 Å². The minimum Gasteiger partial charge on any atom is -0.604 e. The van der Waals surface area contributed by atoms with Gasteiger partial charge in [-0.15, -0.1) is 13.2 Å². The fourth-order valence-electron chi connectivity index (χ4n) is 1.23. The van der Waals surface area contributed by atoms with Gasteiger partial charge in [0, 0.05) is 17.7 Å². The first-order valence-corrected chi connectivity index (χ1v) is 6.26. The van der Waals surface area contributed by atoms with Crippen LogP contribution in [-0.4, -0.2) is 22.0 Å². The quantitative estimate of drug-likeness (QED) is 0.864. The number of alkyl halides is 3. The summed E-state index contributed by atoms with van der Waals surface area (Å²) >= 11 is -3.12. The Morgan fingerprint density at radius 1 is 1.39 bits per heavy atom. The molecule has 0 aliphatic carbocycles. The number of amides is 1. The molecule has 0 saturated heterocycles. The highest BCUT2D eigenvalue weighted by Crippen LogP contribution is 2.30. The Labute approximate surface area is 106 Å². The summed E-state index contributed by atoms with van der Waals surface area (Å²) in [7, 11) is 0. The molecular weight excluding hydrogens is 267 g/mol. The number of hydrogen-bond donors (Lipinski definition) is 1. The van der Waals surface area contributed by atoms with E-state index in [-0.39, 0.29) is 11.6 Å². The van der Waals surface area contributed by atoms with Crippen LogP contribution in [0.2, 0.25) is 0 Å². The molecule has 0 fully saturated rings. The first kappa shape index (κ1) is 14.8. The number of hydrogen-bond acceptors (Lipinski definition) is 2. The lowest BCUT2D eigenvalue weighted by molar-refractivity contribution is -0.0435. The normalized spacial score (nSPS) is 13.5. The van der Waals surface area contributed by atoms with Crippen LogP contribution >= 0.6 is 0 Å². The maximum atomic E-state index is 12.3. The van der Waals surface area contributed by atoms with Gasteiger partial charge in [0.2, 0.25) is 0 Å². The van der Waals surface area contributed by atoms with E-state index in [4.69, 9.17) is 0 Å². The molecule has 1 N–H and O–H groups in total. The molecule has 18 heavy (non-hydrogen) atoms. The topological polar surface area (TPSA) is 52.2 Å². The first-order valence-electron chi connectivity index (χ1n) is 5.11. The van der Waals surface area contributed by atoms with Crippen LogP contribution in [0, 0.1) is 0 Å². The molecular formula is C11H12F3NO2S. The lowest BCUT2D eigenvalue weighted by Crippen LogP contribution is -2.30. The van der Waals surface area contributed by atoms with Crippen LogP contribution in [0.1, 0.15) is 24.2 Å². The molecule has 1 aromatic carbocycles.